The largest absolute Gasteiger partial charge is 0.396 e. The first-order valence-electron chi connectivity index (χ1n) is 9.04. The maximum Gasteiger partial charge on any atom is 0.396 e. The lowest BCUT2D eigenvalue weighted by atomic mass is 10.00. The Morgan fingerprint density at radius 1 is 1.38 bits per heavy atom. The van der Waals surface area contributed by atoms with Crippen molar-refractivity contribution in [2.75, 3.05) is 18.5 Å². The number of nitrogens with zero attached hydrogens (tertiary/aromatic N) is 3. The van der Waals surface area contributed by atoms with Crippen LogP contribution in [-0.2, 0) is 4.74 Å². The summed E-state index contributed by atoms with van der Waals surface area (Å²) in [4.78, 5) is 3.88. The molecule has 0 radical (unpaired) electrons. The van der Waals surface area contributed by atoms with E-state index in [9.17, 15) is 31.4 Å². The summed E-state index contributed by atoms with van der Waals surface area (Å²) < 4.78 is 88.1. The molecule has 2 aliphatic rings. The van der Waals surface area contributed by atoms with Crippen molar-refractivity contribution in [1.29, 1.82) is 0 Å². The van der Waals surface area contributed by atoms with Crippen LogP contribution in [0.3, 0.4) is 0 Å². The zero-order chi connectivity index (χ0) is 21.1. The molecule has 4 atom stereocenters. The first-order chi connectivity index (χ1) is 13.5. The van der Waals surface area contributed by atoms with E-state index in [-0.39, 0.29) is 12.6 Å². The van der Waals surface area contributed by atoms with E-state index in [4.69, 9.17) is 4.74 Å². The molecule has 0 aromatic carbocycles. The fourth-order valence-electron chi connectivity index (χ4n) is 3.60. The molecule has 1 saturated heterocycles. The molecule has 2 fully saturated rings. The minimum atomic E-state index is -4.78. The monoisotopic (exact) mass is 424 g/mol. The number of anilines is 1. The Morgan fingerprint density at radius 3 is 2.66 bits per heavy atom. The smallest absolute Gasteiger partial charge is 0.389 e. The average Bonchev–Trinajstić information content (AvgIpc) is 3.16. The topological polar surface area (TPSA) is 71.7 Å². The highest BCUT2D eigenvalue weighted by molar-refractivity contribution is 5.57. The van der Waals surface area contributed by atoms with Gasteiger partial charge >= 0.3 is 6.18 Å². The van der Waals surface area contributed by atoms with E-state index in [1.165, 1.54) is 0 Å². The van der Waals surface area contributed by atoms with E-state index in [1.54, 1.807) is 0 Å². The van der Waals surface area contributed by atoms with E-state index < -0.39 is 65.1 Å². The van der Waals surface area contributed by atoms with Gasteiger partial charge in [0.15, 0.2) is 5.82 Å². The molecule has 1 aliphatic carbocycles. The Labute approximate surface area is 160 Å². The Morgan fingerprint density at radius 2 is 2.07 bits per heavy atom. The molecular weight excluding hydrogens is 406 g/mol. The maximum atomic E-state index is 14.8. The molecule has 0 amide bonds. The third-order valence-corrected chi connectivity index (χ3v) is 5.41. The molecule has 3 heterocycles. The summed E-state index contributed by atoms with van der Waals surface area (Å²) in [7, 11) is 0. The van der Waals surface area contributed by atoms with Gasteiger partial charge in [0, 0.05) is 18.6 Å². The molecule has 160 valence electrons. The highest BCUT2D eigenvalue weighted by Crippen LogP contribution is 2.59. The Kier molecular flexibility index (Phi) is 4.69. The summed E-state index contributed by atoms with van der Waals surface area (Å²) in [5.41, 5.74) is -1.74. The summed E-state index contributed by atoms with van der Waals surface area (Å²) in [5, 5.41) is 16.7. The van der Waals surface area contributed by atoms with Crippen LogP contribution in [0.5, 0.6) is 0 Å². The highest BCUT2D eigenvalue weighted by Gasteiger charge is 2.61. The van der Waals surface area contributed by atoms with Crippen molar-refractivity contribution in [3.8, 4) is 0 Å². The predicted octanol–water partition coefficient (Wildman–Crippen LogP) is 3.22. The zero-order valence-electron chi connectivity index (χ0n) is 15.2. The van der Waals surface area contributed by atoms with Gasteiger partial charge < -0.3 is 15.2 Å². The molecule has 12 heteroatoms. The van der Waals surface area contributed by atoms with Crippen molar-refractivity contribution in [1.82, 2.24) is 14.6 Å². The molecular formula is C17H18F6N4O2. The maximum absolute atomic E-state index is 14.8. The van der Waals surface area contributed by atoms with E-state index in [0.29, 0.717) is 17.5 Å². The third kappa shape index (κ3) is 3.52. The fraction of sp³-hybridized carbons (Fsp3) is 0.647. The lowest BCUT2D eigenvalue weighted by Gasteiger charge is -2.28. The molecule has 1 aliphatic heterocycles. The van der Waals surface area contributed by atoms with Crippen LogP contribution in [0.1, 0.15) is 42.9 Å². The number of ether oxygens (including phenoxy) is 1. The molecule has 2 aromatic heterocycles. The van der Waals surface area contributed by atoms with Gasteiger partial charge in [-0.15, -0.1) is 5.10 Å². The molecule has 2 unspecified atom stereocenters. The van der Waals surface area contributed by atoms with Gasteiger partial charge in [-0.25, -0.2) is 22.7 Å². The van der Waals surface area contributed by atoms with Gasteiger partial charge in [-0.2, -0.15) is 13.2 Å². The lowest BCUT2D eigenvalue weighted by Crippen LogP contribution is -2.42. The number of hydrogen-bond donors (Lipinski definition) is 2. The van der Waals surface area contributed by atoms with Crippen LogP contribution >= 0.6 is 0 Å². The molecule has 4 rings (SSSR count). The van der Waals surface area contributed by atoms with Gasteiger partial charge in [0.1, 0.15) is 5.52 Å². The lowest BCUT2D eigenvalue weighted by molar-refractivity contribution is -0.147. The first-order valence-corrected chi connectivity index (χ1v) is 9.04. The van der Waals surface area contributed by atoms with E-state index in [1.807, 2.05) is 0 Å². The van der Waals surface area contributed by atoms with Gasteiger partial charge in [-0.05, 0) is 13.3 Å². The van der Waals surface area contributed by atoms with Crippen LogP contribution in [0.25, 0.3) is 5.52 Å². The van der Waals surface area contributed by atoms with Gasteiger partial charge in [0.05, 0.1) is 42.5 Å². The number of aliphatic hydroxyl groups is 1. The van der Waals surface area contributed by atoms with Crippen molar-refractivity contribution in [3.63, 3.8) is 0 Å². The van der Waals surface area contributed by atoms with Crippen molar-refractivity contribution in [3.05, 3.63) is 23.3 Å². The Hall–Kier alpha value is -2.08. The standard InChI is InChI=1S/C17H18F6N4O2/c1-7(17(21,22)23)14-12(8-4-16(8,19)20)13(18)10-5-24-15(26-27(10)14)25-9-2-3-29-6-11(9)28/h5,7-9,11,28H,2-4,6H2,1H3,(H,25,26)/t7?,8?,9-,11-/m1/s1. The summed E-state index contributed by atoms with van der Waals surface area (Å²) in [6.07, 6.45) is -5.04. The number of aliphatic hydroxyl groups excluding tert-OH is 1. The fourth-order valence-corrected chi connectivity index (χ4v) is 3.60. The van der Waals surface area contributed by atoms with Gasteiger partial charge in [-0.1, -0.05) is 0 Å². The molecule has 0 bridgehead atoms. The summed E-state index contributed by atoms with van der Waals surface area (Å²) >= 11 is 0. The van der Waals surface area contributed by atoms with Crippen molar-refractivity contribution < 1.29 is 36.2 Å². The summed E-state index contributed by atoms with van der Waals surface area (Å²) in [5.74, 6) is -8.42. The van der Waals surface area contributed by atoms with Crippen molar-refractivity contribution in [2.24, 2.45) is 0 Å². The quantitative estimate of drug-likeness (QED) is 0.738. The predicted molar refractivity (Wildman–Crippen MR) is 88.6 cm³/mol. The number of halogens is 6. The zero-order valence-corrected chi connectivity index (χ0v) is 15.2. The second-order valence-corrected chi connectivity index (χ2v) is 7.45. The third-order valence-electron chi connectivity index (χ3n) is 5.41. The highest BCUT2D eigenvalue weighted by atomic mass is 19.4. The Balaban J connectivity index is 1.80. The molecule has 2 N–H and O–H groups in total. The van der Waals surface area contributed by atoms with Crippen LogP contribution < -0.4 is 5.32 Å². The average molecular weight is 424 g/mol. The van der Waals surface area contributed by atoms with Crippen molar-refractivity contribution >= 4 is 11.5 Å². The number of nitrogens with one attached hydrogen (secondary N) is 1. The number of fused-ring (bicyclic) bond motifs is 1. The second-order valence-electron chi connectivity index (χ2n) is 7.45. The SMILES string of the molecule is CC(c1c(C2CC2(F)F)c(F)c2cnc(N[C@@H]3CCOC[C@H]3O)nn12)C(F)(F)F. The number of hydrogen-bond acceptors (Lipinski definition) is 5. The second kappa shape index (κ2) is 6.73. The Bertz CT molecular complexity index is 931. The minimum absolute atomic E-state index is 0.0648. The number of rotatable bonds is 4. The van der Waals surface area contributed by atoms with Gasteiger partial charge in [0.25, 0.3) is 5.92 Å². The van der Waals surface area contributed by atoms with Gasteiger partial charge in [0.2, 0.25) is 5.95 Å². The normalized spacial score (nSPS) is 27.8. The van der Waals surface area contributed by atoms with Crippen LogP contribution in [0, 0.1) is 5.82 Å². The van der Waals surface area contributed by atoms with Crippen LogP contribution in [-0.4, -0.2) is 57.2 Å². The van der Waals surface area contributed by atoms with Crippen LogP contribution in [0.15, 0.2) is 6.20 Å². The summed E-state index contributed by atoms with van der Waals surface area (Å²) in [6.45, 7) is 1.20. The molecule has 0 spiro atoms. The van der Waals surface area contributed by atoms with Crippen LogP contribution in [0.2, 0.25) is 0 Å². The van der Waals surface area contributed by atoms with E-state index in [2.05, 4.69) is 15.4 Å². The van der Waals surface area contributed by atoms with Crippen molar-refractivity contribution in [2.45, 2.75) is 55.8 Å². The molecule has 29 heavy (non-hydrogen) atoms. The summed E-state index contributed by atoms with van der Waals surface area (Å²) in [6, 6.07) is -0.516. The van der Waals surface area contributed by atoms with Crippen LogP contribution in [0.4, 0.5) is 32.3 Å². The first kappa shape index (κ1) is 20.2. The molecule has 1 saturated carbocycles. The number of alkyl halides is 5. The minimum Gasteiger partial charge on any atom is -0.389 e. The molecule has 2 aromatic rings. The number of aromatic nitrogens is 3. The van der Waals surface area contributed by atoms with Gasteiger partial charge in [-0.3, -0.25) is 0 Å². The van der Waals surface area contributed by atoms with E-state index >= 15 is 0 Å². The molecule has 6 nitrogen and oxygen atoms in total. The van der Waals surface area contributed by atoms with E-state index in [0.717, 1.165) is 13.1 Å².